The first-order chi connectivity index (χ1) is 14.0. The Morgan fingerprint density at radius 2 is 2.10 bits per heavy atom. The van der Waals surface area contributed by atoms with Crippen molar-refractivity contribution in [1.82, 2.24) is 10.2 Å². The average molecular weight is 438 g/mol. The van der Waals surface area contributed by atoms with Crippen LogP contribution in [0.2, 0.25) is 0 Å². The van der Waals surface area contributed by atoms with Gasteiger partial charge in [-0.1, -0.05) is 23.1 Å². The van der Waals surface area contributed by atoms with Gasteiger partial charge in [0.25, 0.3) is 11.6 Å². The van der Waals surface area contributed by atoms with Crippen molar-refractivity contribution in [3.63, 3.8) is 0 Å². The van der Waals surface area contributed by atoms with Crippen LogP contribution in [0.1, 0.15) is 30.1 Å². The van der Waals surface area contributed by atoms with E-state index in [1.165, 1.54) is 6.07 Å². The minimum atomic E-state index is -0.515. The van der Waals surface area contributed by atoms with E-state index < -0.39 is 10.8 Å². The van der Waals surface area contributed by atoms with Crippen LogP contribution in [0.25, 0.3) is 0 Å². The van der Waals surface area contributed by atoms with Crippen molar-refractivity contribution in [2.24, 2.45) is 0 Å². The van der Waals surface area contributed by atoms with Gasteiger partial charge in [-0.05, 0) is 31.9 Å². The van der Waals surface area contributed by atoms with Crippen LogP contribution in [0.4, 0.5) is 16.5 Å². The molecule has 2 aromatic rings. The van der Waals surface area contributed by atoms with Gasteiger partial charge in [-0.3, -0.25) is 25.0 Å². The number of rotatable bonds is 8. The van der Waals surface area contributed by atoms with E-state index >= 15 is 0 Å². The molecular weight excluding hydrogens is 418 g/mol. The summed E-state index contributed by atoms with van der Waals surface area (Å²) in [6.45, 7) is 3.56. The van der Waals surface area contributed by atoms with Crippen molar-refractivity contribution in [1.29, 1.82) is 0 Å². The fourth-order valence-electron chi connectivity index (χ4n) is 2.85. The third kappa shape index (κ3) is 5.41. The minimum absolute atomic E-state index is 0.0949. The molecular formula is C17H19N5O5S2. The Morgan fingerprint density at radius 1 is 1.34 bits per heavy atom. The van der Waals surface area contributed by atoms with Gasteiger partial charge in [0.1, 0.15) is 5.69 Å². The lowest BCUT2D eigenvalue weighted by Crippen LogP contribution is -2.19. The van der Waals surface area contributed by atoms with Gasteiger partial charge in [-0.25, -0.2) is 0 Å². The Hall–Kier alpha value is -2.73. The molecule has 2 heterocycles. The number of hydrogen-bond donors (Lipinski definition) is 1. The van der Waals surface area contributed by atoms with Crippen LogP contribution >= 0.6 is 23.1 Å². The molecule has 154 valence electrons. The van der Waals surface area contributed by atoms with Crippen LogP contribution in [-0.2, 0) is 9.53 Å². The predicted octanol–water partition coefficient (Wildman–Crippen LogP) is 2.95. The molecule has 12 heteroatoms. The van der Waals surface area contributed by atoms with E-state index in [1.54, 1.807) is 19.1 Å². The Kier molecular flexibility index (Phi) is 6.99. The van der Waals surface area contributed by atoms with Crippen molar-refractivity contribution < 1.29 is 19.2 Å². The molecule has 1 aromatic carbocycles. The molecule has 1 saturated heterocycles. The van der Waals surface area contributed by atoms with Gasteiger partial charge in [-0.15, -0.1) is 10.2 Å². The zero-order chi connectivity index (χ0) is 20.8. The lowest BCUT2D eigenvalue weighted by molar-refractivity contribution is -0.384. The molecule has 0 aliphatic carbocycles. The van der Waals surface area contributed by atoms with E-state index in [4.69, 9.17) is 4.74 Å². The molecule has 0 atom stereocenters. The van der Waals surface area contributed by atoms with Crippen molar-refractivity contribution in [2.75, 3.05) is 35.7 Å². The lowest BCUT2D eigenvalue weighted by atomic mass is 10.1. The second kappa shape index (κ2) is 9.65. The standard InChI is InChI=1S/C17H19N5O5S2/c1-2-27-14(23)10-28-17-20-19-16(29-17)18-15(24)11-5-6-12(13(9-11)22(25)26)21-7-3-4-8-21/h5-6,9H,2-4,7-8,10H2,1H3,(H,18,19,24). The van der Waals surface area contributed by atoms with Crippen LogP contribution < -0.4 is 10.2 Å². The summed E-state index contributed by atoms with van der Waals surface area (Å²) in [5.74, 6) is -0.775. The Bertz CT molecular complexity index is 913. The van der Waals surface area contributed by atoms with Gasteiger partial charge in [0, 0.05) is 24.7 Å². The highest BCUT2D eigenvalue weighted by Crippen LogP contribution is 2.32. The molecule has 0 spiro atoms. The number of hydrogen-bond acceptors (Lipinski definition) is 10. The minimum Gasteiger partial charge on any atom is -0.465 e. The lowest BCUT2D eigenvalue weighted by Gasteiger charge is -2.17. The number of aromatic nitrogens is 2. The number of nitro benzene ring substituents is 1. The smallest absolute Gasteiger partial charge is 0.316 e. The average Bonchev–Trinajstić information content (AvgIpc) is 3.38. The molecule has 1 N–H and O–H groups in total. The molecule has 1 aliphatic heterocycles. The number of nitrogens with zero attached hydrogens (tertiary/aromatic N) is 4. The topological polar surface area (TPSA) is 128 Å². The summed E-state index contributed by atoms with van der Waals surface area (Å²) in [4.78, 5) is 36.8. The Balaban J connectivity index is 1.67. The van der Waals surface area contributed by atoms with Crippen molar-refractivity contribution in [3.8, 4) is 0 Å². The molecule has 0 radical (unpaired) electrons. The van der Waals surface area contributed by atoms with Gasteiger partial charge >= 0.3 is 5.97 Å². The molecule has 29 heavy (non-hydrogen) atoms. The molecule has 1 aliphatic rings. The van der Waals surface area contributed by atoms with Gasteiger partial charge < -0.3 is 9.64 Å². The zero-order valence-electron chi connectivity index (χ0n) is 15.6. The van der Waals surface area contributed by atoms with Crippen LogP contribution in [0.15, 0.2) is 22.5 Å². The fraction of sp³-hybridized carbons (Fsp3) is 0.412. The number of ether oxygens (including phenoxy) is 1. The molecule has 1 fully saturated rings. The van der Waals surface area contributed by atoms with E-state index in [1.807, 2.05) is 4.90 Å². The van der Waals surface area contributed by atoms with E-state index in [0.717, 1.165) is 49.0 Å². The van der Waals surface area contributed by atoms with Gasteiger partial charge in [0.2, 0.25) is 5.13 Å². The van der Waals surface area contributed by atoms with E-state index in [0.29, 0.717) is 16.6 Å². The molecule has 10 nitrogen and oxygen atoms in total. The number of nitrogens with one attached hydrogen (secondary N) is 1. The number of anilines is 2. The zero-order valence-corrected chi connectivity index (χ0v) is 17.3. The fourth-order valence-corrected chi connectivity index (χ4v) is 4.39. The molecule has 1 amide bonds. The van der Waals surface area contributed by atoms with Gasteiger partial charge in [-0.2, -0.15) is 0 Å². The van der Waals surface area contributed by atoms with E-state index in [9.17, 15) is 19.7 Å². The predicted molar refractivity (Wildman–Crippen MR) is 110 cm³/mol. The maximum atomic E-state index is 12.5. The monoisotopic (exact) mass is 437 g/mol. The number of nitro groups is 1. The van der Waals surface area contributed by atoms with Gasteiger partial charge in [0.05, 0.1) is 17.3 Å². The molecule has 3 rings (SSSR count). The van der Waals surface area contributed by atoms with E-state index in [-0.39, 0.29) is 28.1 Å². The summed E-state index contributed by atoms with van der Waals surface area (Å²) in [5.41, 5.74) is 0.593. The Labute approximate surface area is 174 Å². The number of thioether (sulfide) groups is 1. The van der Waals surface area contributed by atoms with Crippen molar-refractivity contribution in [2.45, 2.75) is 24.1 Å². The highest BCUT2D eigenvalue weighted by molar-refractivity contribution is 8.01. The maximum absolute atomic E-state index is 12.5. The summed E-state index contributed by atoms with van der Waals surface area (Å²) in [6, 6.07) is 4.45. The van der Waals surface area contributed by atoms with Crippen LogP contribution in [0.5, 0.6) is 0 Å². The summed E-state index contributed by atoms with van der Waals surface area (Å²) in [7, 11) is 0. The highest BCUT2D eigenvalue weighted by Gasteiger charge is 2.24. The number of esters is 1. The largest absolute Gasteiger partial charge is 0.465 e. The number of benzene rings is 1. The SMILES string of the molecule is CCOC(=O)CSc1nnc(NC(=O)c2ccc(N3CCCC3)c([N+](=O)[O-])c2)s1. The molecule has 1 aromatic heterocycles. The second-order valence-corrected chi connectivity index (χ2v) is 8.28. The number of carbonyl (C=O) groups is 2. The first-order valence-corrected chi connectivity index (χ1v) is 10.7. The normalized spacial score (nSPS) is 13.3. The Morgan fingerprint density at radius 3 is 2.79 bits per heavy atom. The maximum Gasteiger partial charge on any atom is 0.316 e. The van der Waals surface area contributed by atoms with Gasteiger partial charge in [0.15, 0.2) is 4.34 Å². The number of carbonyl (C=O) groups excluding carboxylic acids is 2. The highest BCUT2D eigenvalue weighted by atomic mass is 32.2. The molecule has 0 unspecified atom stereocenters. The van der Waals surface area contributed by atoms with Crippen LogP contribution in [-0.4, -0.2) is 52.4 Å². The first-order valence-electron chi connectivity index (χ1n) is 8.94. The summed E-state index contributed by atoms with van der Waals surface area (Å²) >= 11 is 2.27. The second-order valence-electron chi connectivity index (χ2n) is 6.08. The van der Waals surface area contributed by atoms with Crippen LogP contribution in [0.3, 0.4) is 0 Å². The molecule has 0 saturated carbocycles. The summed E-state index contributed by atoms with van der Waals surface area (Å²) < 4.78 is 5.34. The third-order valence-corrected chi connectivity index (χ3v) is 6.07. The number of amides is 1. The third-order valence-electron chi connectivity index (χ3n) is 4.13. The van der Waals surface area contributed by atoms with E-state index in [2.05, 4.69) is 15.5 Å². The van der Waals surface area contributed by atoms with Crippen LogP contribution in [0, 0.1) is 10.1 Å². The quantitative estimate of drug-likeness (QED) is 0.218. The van der Waals surface area contributed by atoms with Crippen molar-refractivity contribution >= 4 is 51.5 Å². The van der Waals surface area contributed by atoms with Crippen molar-refractivity contribution in [3.05, 3.63) is 33.9 Å². The summed E-state index contributed by atoms with van der Waals surface area (Å²) in [6.07, 6.45) is 1.99. The molecule has 0 bridgehead atoms. The first kappa shape index (κ1) is 21.0. The summed E-state index contributed by atoms with van der Waals surface area (Å²) in [5, 5.41) is 22.1.